The van der Waals surface area contributed by atoms with Crippen LogP contribution in [0.2, 0.25) is 0 Å². The maximum atomic E-state index is 13.7. The fourth-order valence-corrected chi connectivity index (χ4v) is 5.42. The van der Waals surface area contributed by atoms with Crippen LogP contribution in [0.5, 0.6) is 0 Å². The zero-order valence-electron chi connectivity index (χ0n) is 18.7. The first-order chi connectivity index (χ1) is 16.4. The number of nitrogens with zero attached hydrogens (tertiary/aromatic N) is 2. The highest BCUT2D eigenvalue weighted by Crippen LogP contribution is 2.32. The summed E-state index contributed by atoms with van der Waals surface area (Å²) in [4.78, 5) is 15.3. The molecule has 0 aliphatic rings. The lowest BCUT2D eigenvalue weighted by Gasteiger charge is -2.14. The third-order valence-electron chi connectivity index (χ3n) is 5.68. The lowest BCUT2D eigenvalue weighted by Crippen LogP contribution is -2.17. The molecule has 10 heteroatoms. The average molecular weight is 503 g/mol. The second-order valence-electron chi connectivity index (χ2n) is 8.37. The van der Waals surface area contributed by atoms with Crippen molar-refractivity contribution in [2.24, 2.45) is 0 Å². The molecule has 0 amide bonds. The van der Waals surface area contributed by atoms with Crippen LogP contribution in [0, 0.1) is 0 Å². The molecule has 0 unspecified atom stereocenters. The number of aromatic nitrogens is 2. The number of hydrogen-bond acceptors (Lipinski definition) is 4. The van der Waals surface area contributed by atoms with Gasteiger partial charge in [0.25, 0.3) is 10.0 Å². The molecule has 2 heterocycles. The first-order valence-corrected chi connectivity index (χ1v) is 12.1. The molecule has 0 bridgehead atoms. The quantitative estimate of drug-likeness (QED) is 0.365. The zero-order valence-corrected chi connectivity index (χ0v) is 19.6. The van der Waals surface area contributed by atoms with Crippen LogP contribution in [0.25, 0.3) is 11.0 Å². The normalized spacial score (nSPS) is 12.4. The van der Waals surface area contributed by atoms with Crippen LogP contribution in [0.1, 0.15) is 52.6 Å². The van der Waals surface area contributed by atoms with Crippen molar-refractivity contribution in [3.63, 3.8) is 0 Å². The van der Waals surface area contributed by atoms with Crippen molar-refractivity contribution in [1.82, 2.24) is 8.96 Å². The smallest absolute Gasteiger partial charge is 0.433 e. The number of aromatic carboxylic acids is 1. The summed E-state index contributed by atoms with van der Waals surface area (Å²) in [6.45, 7) is 3.93. The van der Waals surface area contributed by atoms with Crippen molar-refractivity contribution in [2.75, 3.05) is 0 Å². The number of halogens is 3. The van der Waals surface area contributed by atoms with E-state index < -0.39 is 27.9 Å². The minimum absolute atomic E-state index is 0.0336. The van der Waals surface area contributed by atoms with E-state index in [4.69, 9.17) is 0 Å². The molecule has 4 aromatic rings. The van der Waals surface area contributed by atoms with Gasteiger partial charge in [-0.25, -0.2) is 22.2 Å². The molecular formula is C25H21F3N2O4S. The minimum Gasteiger partial charge on any atom is -0.478 e. The average Bonchev–Trinajstić information content (AvgIpc) is 3.16. The molecule has 0 aliphatic heterocycles. The van der Waals surface area contributed by atoms with Crippen LogP contribution in [0.3, 0.4) is 0 Å². The van der Waals surface area contributed by atoms with Gasteiger partial charge in [0.15, 0.2) is 0 Å². The van der Waals surface area contributed by atoms with Crippen molar-refractivity contribution < 1.29 is 31.5 Å². The Morgan fingerprint density at radius 1 is 1.03 bits per heavy atom. The molecule has 0 saturated heterocycles. The monoisotopic (exact) mass is 502 g/mol. The van der Waals surface area contributed by atoms with E-state index in [1.165, 1.54) is 36.4 Å². The van der Waals surface area contributed by atoms with Crippen LogP contribution in [0.15, 0.2) is 71.6 Å². The molecule has 182 valence electrons. The summed E-state index contributed by atoms with van der Waals surface area (Å²) < 4.78 is 68.1. The molecule has 0 fully saturated rings. The highest BCUT2D eigenvalue weighted by atomic mass is 32.2. The molecular weight excluding hydrogens is 481 g/mol. The topological polar surface area (TPSA) is 89.3 Å². The van der Waals surface area contributed by atoms with E-state index in [2.05, 4.69) is 4.98 Å². The van der Waals surface area contributed by atoms with E-state index in [0.29, 0.717) is 5.56 Å². The molecule has 4 rings (SSSR count). The second-order valence-corrected chi connectivity index (χ2v) is 10.2. The van der Waals surface area contributed by atoms with Crippen LogP contribution in [0.4, 0.5) is 13.2 Å². The summed E-state index contributed by atoms with van der Waals surface area (Å²) in [6, 6.07) is 15.4. The molecule has 6 nitrogen and oxygen atoms in total. The van der Waals surface area contributed by atoms with Gasteiger partial charge >= 0.3 is 12.1 Å². The Bertz CT molecular complexity index is 1520. The lowest BCUT2D eigenvalue weighted by atomic mass is 10.0. The Labute approximate surface area is 199 Å². The summed E-state index contributed by atoms with van der Waals surface area (Å²) in [6.07, 6.45) is -4.86. The Morgan fingerprint density at radius 3 is 2.29 bits per heavy atom. The van der Waals surface area contributed by atoms with E-state index in [-0.39, 0.29) is 39.5 Å². The Balaban J connectivity index is 1.94. The first kappa shape index (κ1) is 24.5. The summed E-state index contributed by atoms with van der Waals surface area (Å²) in [5, 5.41) is 9.52. The molecule has 0 radical (unpaired) electrons. The Hall–Kier alpha value is -3.66. The second kappa shape index (κ2) is 8.84. The maximum absolute atomic E-state index is 13.7. The van der Waals surface area contributed by atoms with Gasteiger partial charge in [-0.15, -0.1) is 0 Å². The van der Waals surface area contributed by atoms with Gasteiger partial charge in [-0.05, 0) is 53.4 Å². The SMILES string of the molecule is CC(C)c1ccc(S(=O)(=O)n2c(Cc3ccccc3C(=O)O)cc3nc(C(F)(F)F)ccc32)cc1. The summed E-state index contributed by atoms with van der Waals surface area (Å²) >= 11 is 0. The molecule has 0 saturated carbocycles. The van der Waals surface area contributed by atoms with Gasteiger partial charge in [0.2, 0.25) is 0 Å². The molecule has 35 heavy (non-hydrogen) atoms. The van der Waals surface area contributed by atoms with Gasteiger partial charge < -0.3 is 5.11 Å². The van der Waals surface area contributed by atoms with Crippen molar-refractivity contribution in [1.29, 1.82) is 0 Å². The van der Waals surface area contributed by atoms with E-state index in [1.807, 2.05) is 13.8 Å². The van der Waals surface area contributed by atoms with E-state index in [9.17, 15) is 31.5 Å². The van der Waals surface area contributed by atoms with Crippen molar-refractivity contribution in [3.05, 3.63) is 94.8 Å². The van der Waals surface area contributed by atoms with Gasteiger partial charge in [0.05, 0.1) is 21.5 Å². The number of rotatable bonds is 6. The number of carbonyl (C=O) groups is 1. The van der Waals surface area contributed by atoms with Crippen LogP contribution in [-0.2, 0) is 22.6 Å². The van der Waals surface area contributed by atoms with Gasteiger partial charge in [-0.2, -0.15) is 13.2 Å². The van der Waals surface area contributed by atoms with Gasteiger partial charge in [-0.1, -0.05) is 44.2 Å². The maximum Gasteiger partial charge on any atom is 0.433 e. The number of carboxylic acids is 1. The molecule has 0 atom stereocenters. The summed E-state index contributed by atoms with van der Waals surface area (Å²) in [5.74, 6) is -1.03. The Morgan fingerprint density at radius 2 is 1.69 bits per heavy atom. The molecule has 2 aromatic carbocycles. The number of benzene rings is 2. The third kappa shape index (κ3) is 4.66. The standard InChI is InChI=1S/C25H21F3N2O4S/c1-15(2)16-7-9-19(10-8-16)35(33,34)30-18(13-17-5-3-4-6-20(17)24(31)32)14-21-22(30)11-12-23(29-21)25(26,27)28/h3-12,14-15H,13H2,1-2H3,(H,31,32). The summed E-state index contributed by atoms with van der Waals surface area (Å²) in [7, 11) is -4.25. The molecule has 0 spiro atoms. The zero-order chi connectivity index (χ0) is 25.5. The highest BCUT2D eigenvalue weighted by molar-refractivity contribution is 7.90. The van der Waals surface area contributed by atoms with Gasteiger partial charge in [-0.3, -0.25) is 0 Å². The van der Waals surface area contributed by atoms with Crippen LogP contribution < -0.4 is 0 Å². The lowest BCUT2D eigenvalue weighted by molar-refractivity contribution is -0.140. The summed E-state index contributed by atoms with van der Waals surface area (Å²) in [5.41, 5.74) is -0.0590. The minimum atomic E-state index is -4.71. The van der Waals surface area contributed by atoms with Gasteiger partial charge in [0.1, 0.15) is 5.69 Å². The molecule has 1 N–H and O–H groups in total. The molecule has 2 aromatic heterocycles. The number of carboxylic acid groups (broad SMARTS) is 1. The first-order valence-electron chi connectivity index (χ1n) is 10.6. The number of alkyl halides is 3. The van der Waals surface area contributed by atoms with E-state index in [0.717, 1.165) is 21.7 Å². The van der Waals surface area contributed by atoms with Crippen molar-refractivity contribution in [3.8, 4) is 0 Å². The fourth-order valence-electron chi connectivity index (χ4n) is 3.89. The van der Waals surface area contributed by atoms with Crippen molar-refractivity contribution in [2.45, 2.75) is 37.3 Å². The highest BCUT2D eigenvalue weighted by Gasteiger charge is 2.33. The molecule has 0 aliphatic carbocycles. The van der Waals surface area contributed by atoms with E-state index in [1.54, 1.807) is 18.2 Å². The largest absolute Gasteiger partial charge is 0.478 e. The van der Waals surface area contributed by atoms with Crippen LogP contribution >= 0.6 is 0 Å². The van der Waals surface area contributed by atoms with E-state index >= 15 is 0 Å². The predicted octanol–water partition coefficient (Wildman–Crippen LogP) is 5.70. The number of fused-ring (bicyclic) bond motifs is 1. The van der Waals surface area contributed by atoms with Gasteiger partial charge in [0, 0.05) is 12.1 Å². The Kier molecular flexibility index (Phi) is 6.18. The number of hydrogen-bond donors (Lipinski definition) is 1. The fraction of sp³-hybridized carbons (Fsp3) is 0.200. The number of pyridine rings is 1. The predicted molar refractivity (Wildman–Crippen MR) is 124 cm³/mol. The van der Waals surface area contributed by atoms with Crippen LogP contribution in [-0.4, -0.2) is 28.5 Å². The van der Waals surface area contributed by atoms with Crippen molar-refractivity contribution >= 4 is 27.0 Å². The third-order valence-corrected chi connectivity index (χ3v) is 7.46.